The molecule has 1 heteroatoms. The van der Waals surface area contributed by atoms with Gasteiger partial charge in [-0.05, 0) is 25.2 Å². The first kappa shape index (κ1) is 10.7. The van der Waals surface area contributed by atoms with Crippen LogP contribution in [0.25, 0.3) is 0 Å². The van der Waals surface area contributed by atoms with E-state index in [1.54, 1.807) is 0 Å². The van der Waals surface area contributed by atoms with Crippen LogP contribution in [-0.2, 0) is 0 Å². The third-order valence-electron chi connectivity index (χ3n) is 1.77. The quantitative estimate of drug-likeness (QED) is 0.463. The molecule has 1 N–H and O–H groups in total. The lowest BCUT2D eigenvalue weighted by Gasteiger charge is -2.03. The highest BCUT2D eigenvalue weighted by molar-refractivity contribution is 4.84. The Hall–Kier alpha value is -0.300. The number of rotatable bonds is 6. The zero-order valence-corrected chi connectivity index (χ0v) is 7.71. The minimum atomic E-state index is 0.338. The van der Waals surface area contributed by atoms with Crippen molar-refractivity contribution < 1.29 is 5.11 Å². The molecule has 0 aliphatic rings. The molecule has 0 saturated carbocycles. The summed E-state index contributed by atoms with van der Waals surface area (Å²) >= 11 is 0. The molecule has 0 aliphatic carbocycles. The van der Waals surface area contributed by atoms with Crippen LogP contribution in [0.1, 0.15) is 39.5 Å². The van der Waals surface area contributed by atoms with Gasteiger partial charge in [-0.15, -0.1) is 0 Å². The monoisotopic (exact) mass is 156 g/mol. The first-order valence-electron chi connectivity index (χ1n) is 4.58. The van der Waals surface area contributed by atoms with E-state index in [0.717, 1.165) is 19.3 Å². The van der Waals surface area contributed by atoms with E-state index in [0.29, 0.717) is 12.5 Å². The lowest BCUT2D eigenvalue weighted by molar-refractivity contribution is 0.281. The van der Waals surface area contributed by atoms with Gasteiger partial charge >= 0.3 is 0 Å². The minimum absolute atomic E-state index is 0.338. The number of unbranched alkanes of at least 4 members (excludes halogenated alkanes) is 1. The molecular weight excluding hydrogens is 136 g/mol. The van der Waals surface area contributed by atoms with E-state index in [1.807, 2.05) is 0 Å². The van der Waals surface area contributed by atoms with Crippen molar-refractivity contribution in [1.82, 2.24) is 0 Å². The molecule has 0 heterocycles. The molecule has 11 heavy (non-hydrogen) atoms. The normalized spacial score (nSPS) is 14.1. The maximum Gasteiger partial charge on any atom is 0.0431 e. The molecule has 1 atom stereocenters. The summed E-state index contributed by atoms with van der Waals surface area (Å²) < 4.78 is 0. The second-order valence-electron chi connectivity index (χ2n) is 3.03. The van der Waals surface area contributed by atoms with Crippen LogP contribution in [0.3, 0.4) is 0 Å². The predicted octanol–water partition coefficient (Wildman–Crippen LogP) is 2.75. The zero-order chi connectivity index (χ0) is 8.53. The Morgan fingerprint density at radius 2 is 2.09 bits per heavy atom. The largest absolute Gasteiger partial charge is 0.396 e. The van der Waals surface area contributed by atoms with Gasteiger partial charge in [0.15, 0.2) is 0 Å². The Balaban J connectivity index is 3.21. The van der Waals surface area contributed by atoms with Crippen molar-refractivity contribution in [3.05, 3.63) is 12.2 Å². The SMILES string of the molecule is CCC=CC(C)CCCCO. The van der Waals surface area contributed by atoms with E-state index in [2.05, 4.69) is 26.0 Å². The molecular formula is C10H20O. The summed E-state index contributed by atoms with van der Waals surface area (Å²) in [6, 6.07) is 0. The van der Waals surface area contributed by atoms with Crippen LogP contribution < -0.4 is 0 Å². The summed E-state index contributed by atoms with van der Waals surface area (Å²) in [6.07, 6.45) is 8.90. The highest BCUT2D eigenvalue weighted by Crippen LogP contribution is 2.08. The summed E-state index contributed by atoms with van der Waals surface area (Å²) in [4.78, 5) is 0. The van der Waals surface area contributed by atoms with Crippen LogP contribution in [0, 0.1) is 5.92 Å². The first-order chi connectivity index (χ1) is 5.31. The van der Waals surface area contributed by atoms with E-state index >= 15 is 0 Å². The fourth-order valence-corrected chi connectivity index (χ4v) is 1.04. The van der Waals surface area contributed by atoms with Crippen molar-refractivity contribution in [1.29, 1.82) is 0 Å². The fourth-order valence-electron chi connectivity index (χ4n) is 1.04. The Morgan fingerprint density at radius 3 is 2.64 bits per heavy atom. The Morgan fingerprint density at radius 1 is 1.36 bits per heavy atom. The third-order valence-corrected chi connectivity index (χ3v) is 1.77. The zero-order valence-electron chi connectivity index (χ0n) is 7.71. The second-order valence-corrected chi connectivity index (χ2v) is 3.03. The van der Waals surface area contributed by atoms with E-state index in [4.69, 9.17) is 5.11 Å². The van der Waals surface area contributed by atoms with Crippen molar-refractivity contribution in [2.45, 2.75) is 39.5 Å². The van der Waals surface area contributed by atoms with Gasteiger partial charge < -0.3 is 5.11 Å². The van der Waals surface area contributed by atoms with Gasteiger partial charge in [-0.1, -0.05) is 32.4 Å². The van der Waals surface area contributed by atoms with E-state index in [-0.39, 0.29) is 0 Å². The van der Waals surface area contributed by atoms with Crippen molar-refractivity contribution in [3.63, 3.8) is 0 Å². The summed E-state index contributed by atoms with van der Waals surface area (Å²) in [5, 5.41) is 8.54. The highest BCUT2D eigenvalue weighted by atomic mass is 16.2. The molecule has 0 bridgehead atoms. The molecule has 0 amide bonds. The Kier molecular flexibility index (Phi) is 7.59. The fraction of sp³-hybridized carbons (Fsp3) is 0.800. The van der Waals surface area contributed by atoms with Crippen LogP contribution in [0.15, 0.2) is 12.2 Å². The van der Waals surface area contributed by atoms with Crippen LogP contribution in [-0.4, -0.2) is 11.7 Å². The lowest BCUT2D eigenvalue weighted by Crippen LogP contribution is -1.91. The van der Waals surface area contributed by atoms with E-state index in [9.17, 15) is 0 Å². The average molecular weight is 156 g/mol. The molecule has 0 aromatic carbocycles. The predicted molar refractivity (Wildman–Crippen MR) is 49.5 cm³/mol. The summed E-state index contributed by atoms with van der Waals surface area (Å²) in [7, 11) is 0. The summed E-state index contributed by atoms with van der Waals surface area (Å²) in [5.74, 6) is 0.682. The number of aliphatic hydroxyl groups excluding tert-OH is 1. The summed E-state index contributed by atoms with van der Waals surface area (Å²) in [5.41, 5.74) is 0. The maximum absolute atomic E-state index is 8.54. The maximum atomic E-state index is 8.54. The number of aliphatic hydroxyl groups is 1. The van der Waals surface area contributed by atoms with E-state index in [1.165, 1.54) is 6.42 Å². The second kappa shape index (κ2) is 7.80. The van der Waals surface area contributed by atoms with Gasteiger partial charge in [-0.3, -0.25) is 0 Å². The number of hydrogen-bond donors (Lipinski definition) is 1. The lowest BCUT2D eigenvalue weighted by atomic mass is 10.0. The highest BCUT2D eigenvalue weighted by Gasteiger charge is 1.94. The Bertz CT molecular complexity index is 97.0. The summed E-state index contributed by atoms with van der Waals surface area (Å²) in [6.45, 7) is 4.71. The topological polar surface area (TPSA) is 20.2 Å². The molecule has 0 fully saturated rings. The molecule has 0 aromatic heterocycles. The van der Waals surface area contributed by atoms with Crippen molar-refractivity contribution in [3.8, 4) is 0 Å². The van der Waals surface area contributed by atoms with Gasteiger partial charge in [0, 0.05) is 6.61 Å². The average Bonchev–Trinajstić information content (AvgIpc) is 2.01. The third kappa shape index (κ3) is 7.60. The smallest absolute Gasteiger partial charge is 0.0431 e. The van der Waals surface area contributed by atoms with Crippen molar-refractivity contribution in [2.24, 2.45) is 5.92 Å². The Labute approximate surface area is 70.1 Å². The number of hydrogen-bond acceptors (Lipinski definition) is 1. The van der Waals surface area contributed by atoms with Crippen LogP contribution >= 0.6 is 0 Å². The van der Waals surface area contributed by atoms with E-state index < -0.39 is 0 Å². The molecule has 0 aromatic rings. The van der Waals surface area contributed by atoms with Crippen molar-refractivity contribution in [2.75, 3.05) is 6.61 Å². The minimum Gasteiger partial charge on any atom is -0.396 e. The molecule has 0 aliphatic heterocycles. The van der Waals surface area contributed by atoms with Gasteiger partial charge in [0.05, 0.1) is 0 Å². The molecule has 66 valence electrons. The molecule has 0 radical (unpaired) electrons. The van der Waals surface area contributed by atoms with Gasteiger partial charge in [0.2, 0.25) is 0 Å². The first-order valence-corrected chi connectivity index (χ1v) is 4.58. The molecule has 0 rings (SSSR count). The van der Waals surface area contributed by atoms with Crippen LogP contribution in [0.4, 0.5) is 0 Å². The number of allylic oxidation sites excluding steroid dienone is 2. The standard InChI is InChI=1S/C10H20O/c1-3-4-7-10(2)8-5-6-9-11/h4,7,10-11H,3,5-6,8-9H2,1-2H3. The molecule has 1 nitrogen and oxygen atoms in total. The van der Waals surface area contributed by atoms with Gasteiger partial charge in [-0.2, -0.15) is 0 Å². The molecule has 0 saturated heterocycles. The molecule has 1 unspecified atom stereocenters. The van der Waals surface area contributed by atoms with Gasteiger partial charge in [-0.25, -0.2) is 0 Å². The van der Waals surface area contributed by atoms with Gasteiger partial charge in [0.1, 0.15) is 0 Å². The van der Waals surface area contributed by atoms with Crippen LogP contribution in [0.2, 0.25) is 0 Å². The van der Waals surface area contributed by atoms with Gasteiger partial charge in [0.25, 0.3) is 0 Å². The van der Waals surface area contributed by atoms with Crippen LogP contribution in [0.5, 0.6) is 0 Å². The molecule has 0 spiro atoms. The van der Waals surface area contributed by atoms with Crippen molar-refractivity contribution >= 4 is 0 Å².